The molecule has 1 aromatic carbocycles. The zero-order chi connectivity index (χ0) is 19.4. The highest BCUT2D eigenvalue weighted by Gasteiger charge is 2.38. The average Bonchev–Trinajstić information content (AvgIpc) is 2.54. The fourth-order valence-corrected chi connectivity index (χ4v) is 3.39. The number of aldehydes is 1. The lowest BCUT2D eigenvalue weighted by Crippen LogP contribution is -2.47. The third-order valence-electron chi connectivity index (χ3n) is 4.66. The molecule has 0 bridgehead atoms. The van der Waals surface area contributed by atoms with Crippen LogP contribution in [0.25, 0.3) is 0 Å². The Morgan fingerprint density at radius 3 is 2.46 bits per heavy atom. The first-order valence-corrected chi connectivity index (χ1v) is 9.34. The maximum Gasteiger partial charge on any atom is 0.410 e. The van der Waals surface area contributed by atoms with E-state index in [1.807, 2.05) is 52.8 Å². The molecule has 1 aromatic rings. The maximum atomic E-state index is 12.3. The van der Waals surface area contributed by atoms with Crippen molar-refractivity contribution in [2.45, 2.75) is 71.0 Å². The second kappa shape index (κ2) is 8.11. The molecule has 5 heteroatoms. The maximum absolute atomic E-state index is 12.3. The standard InChI is InChI=1S/C21H31NO4/c1-16(2)25-18-8-6-7-17(15-18)21(11-14-23)9-12-22(13-10-21)19(24)26-20(3,4)5/h6-8,14-16H,9-13H2,1-5H3. The average molecular weight is 361 g/mol. The number of carbonyl (C=O) groups excluding carboxylic acids is 2. The fraction of sp³-hybridized carbons (Fsp3) is 0.619. The van der Waals surface area contributed by atoms with E-state index in [1.165, 1.54) is 0 Å². The van der Waals surface area contributed by atoms with Gasteiger partial charge in [-0.25, -0.2) is 4.79 Å². The van der Waals surface area contributed by atoms with Crippen LogP contribution in [0.1, 0.15) is 59.4 Å². The number of likely N-dealkylation sites (tertiary alicyclic amines) is 1. The van der Waals surface area contributed by atoms with Gasteiger partial charge in [0.15, 0.2) is 0 Å². The molecule has 0 saturated carbocycles. The number of rotatable bonds is 5. The highest BCUT2D eigenvalue weighted by atomic mass is 16.6. The van der Waals surface area contributed by atoms with Crippen LogP contribution in [0.2, 0.25) is 0 Å². The van der Waals surface area contributed by atoms with Gasteiger partial charge >= 0.3 is 6.09 Å². The van der Waals surface area contributed by atoms with Crippen molar-refractivity contribution < 1.29 is 19.1 Å². The topological polar surface area (TPSA) is 55.8 Å². The second-order valence-electron chi connectivity index (χ2n) is 8.31. The van der Waals surface area contributed by atoms with Crippen molar-refractivity contribution in [1.82, 2.24) is 4.90 Å². The molecule has 1 aliphatic rings. The van der Waals surface area contributed by atoms with Crippen LogP contribution in [0.15, 0.2) is 24.3 Å². The van der Waals surface area contributed by atoms with Crippen molar-refractivity contribution in [3.63, 3.8) is 0 Å². The summed E-state index contributed by atoms with van der Waals surface area (Å²) in [7, 11) is 0. The van der Waals surface area contributed by atoms with Gasteiger partial charge in [0.05, 0.1) is 6.10 Å². The quantitative estimate of drug-likeness (QED) is 0.733. The zero-order valence-electron chi connectivity index (χ0n) is 16.6. The Labute approximate surface area is 156 Å². The van der Waals surface area contributed by atoms with Gasteiger partial charge in [0.1, 0.15) is 17.6 Å². The van der Waals surface area contributed by atoms with Gasteiger partial charge in [0.25, 0.3) is 0 Å². The third-order valence-corrected chi connectivity index (χ3v) is 4.66. The molecule has 0 N–H and O–H groups in total. The van der Waals surface area contributed by atoms with E-state index in [0.717, 1.165) is 30.4 Å². The van der Waals surface area contributed by atoms with Gasteiger partial charge < -0.3 is 19.2 Å². The van der Waals surface area contributed by atoms with E-state index in [9.17, 15) is 9.59 Å². The summed E-state index contributed by atoms with van der Waals surface area (Å²) in [6.45, 7) is 10.7. The van der Waals surface area contributed by atoms with Gasteiger partial charge in [0.2, 0.25) is 0 Å². The van der Waals surface area contributed by atoms with Crippen LogP contribution in [-0.2, 0) is 14.9 Å². The molecule has 1 fully saturated rings. The minimum atomic E-state index is -0.503. The molecule has 26 heavy (non-hydrogen) atoms. The number of amides is 1. The highest BCUT2D eigenvalue weighted by Crippen LogP contribution is 2.39. The molecule has 1 aliphatic heterocycles. The number of piperidine rings is 1. The summed E-state index contributed by atoms with van der Waals surface area (Å²) in [5, 5.41) is 0. The molecular formula is C21H31NO4. The molecule has 0 aliphatic carbocycles. The first kappa shape index (κ1) is 20.3. The lowest BCUT2D eigenvalue weighted by atomic mass is 9.71. The Balaban J connectivity index is 2.15. The smallest absolute Gasteiger partial charge is 0.410 e. The summed E-state index contributed by atoms with van der Waals surface area (Å²) in [4.78, 5) is 25.4. The number of hydrogen-bond donors (Lipinski definition) is 0. The lowest BCUT2D eigenvalue weighted by molar-refractivity contribution is -0.109. The summed E-state index contributed by atoms with van der Waals surface area (Å²) in [5.41, 5.74) is 0.347. The number of benzene rings is 1. The zero-order valence-corrected chi connectivity index (χ0v) is 16.6. The number of nitrogens with zero attached hydrogens (tertiary/aromatic N) is 1. The summed E-state index contributed by atoms with van der Waals surface area (Å²) in [6, 6.07) is 8.00. The van der Waals surface area contributed by atoms with Gasteiger partial charge in [-0.15, -0.1) is 0 Å². The Morgan fingerprint density at radius 2 is 1.92 bits per heavy atom. The molecule has 5 nitrogen and oxygen atoms in total. The summed E-state index contributed by atoms with van der Waals surface area (Å²) in [6.07, 6.45) is 2.71. The van der Waals surface area contributed by atoms with Crippen molar-refractivity contribution in [3.8, 4) is 5.75 Å². The molecule has 0 atom stereocenters. The molecular weight excluding hydrogens is 330 g/mol. The van der Waals surface area contributed by atoms with Crippen molar-refractivity contribution in [2.75, 3.05) is 13.1 Å². The molecule has 1 amide bonds. The molecule has 0 spiro atoms. The largest absolute Gasteiger partial charge is 0.491 e. The number of ether oxygens (including phenoxy) is 2. The predicted molar refractivity (Wildman–Crippen MR) is 102 cm³/mol. The monoisotopic (exact) mass is 361 g/mol. The Hall–Kier alpha value is -2.04. The van der Waals surface area contributed by atoms with E-state index >= 15 is 0 Å². The van der Waals surface area contributed by atoms with Crippen LogP contribution < -0.4 is 4.74 Å². The van der Waals surface area contributed by atoms with Crippen molar-refractivity contribution >= 4 is 12.4 Å². The Bertz CT molecular complexity index is 625. The van der Waals surface area contributed by atoms with E-state index in [2.05, 4.69) is 6.07 Å². The third kappa shape index (κ3) is 5.23. The SMILES string of the molecule is CC(C)Oc1cccc(C2(CC=O)CCN(C(=O)OC(C)(C)C)CC2)c1. The van der Waals surface area contributed by atoms with E-state index < -0.39 is 5.60 Å². The first-order chi connectivity index (χ1) is 12.1. The van der Waals surface area contributed by atoms with Gasteiger partial charge in [-0.2, -0.15) is 0 Å². The van der Waals surface area contributed by atoms with Crippen molar-refractivity contribution in [3.05, 3.63) is 29.8 Å². The van der Waals surface area contributed by atoms with Crippen LogP contribution in [-0.4, -0.2) is 42.1 Å². The lowest BCUT2D eigenvalue weighted by Gasteiger charge is -2.41. The minimum absolute atomic E-state index is 0.0984. The summed E-state index contributed by atoms with van der Waals surface area (Å²) >= 11 is 0. The highest BCUT2D eigenvalue weighted by molar-refractivity contribution is 5.68. The number of hydrogen-bond acceptors (Lipinski definition) is 4. The normalized spacial score (nSPS) is 17.1. The van der Waals surface area contributed by atoms with Crippen molar-refractivity contribution in [2.24, 2.45) is 0 Å². The van der Waals surface area contributed by atoms with Gasteiger partial charge in [-0.1, -0.05) is 12.1 Å². The molecule has 0 unspecified atom stereocenters. The second-order valence-corrected chi connectivity index (χ2v) is 8.31. The first-order valence-electron chi connectivity index (χ1n) is 9.34. The Morgan fingerprint density at radius 1 is 1.27 bits per heavy atom. The summed E-state index contributed by atoms with van der Waals surface area (Å²) < 4.78 is 11.3. The predicted octanol–water partition coefficient (Wildman–Crippen LogP) is 4.33. The fourth-order valence-electron chi connectivity index (χ4n) is 3.39. The van der Waals surface area contributed by atoms with Gasteiger partial charge in [-0.05, 0) is 65.2 Å². The minimum Gasteiger partial charge on any atom is -0.491 e. The van der Waals surface area contributed by atoms with Crippen LogP contribution in [0.4, 0.5) is 4.79 Å². The molecule has 0 radical (unpaired) electrons. The molecule has 0 aromatic heterocycles. The Kier molecular flexibility index (Phi) is 6.32. The summed E-state index contributed by atoms with van der Waals surface area (Å²) in [5.74, 6) is 0.817. The molecule has 144 valence electrons. The van der Waals surface area contributed by atoms with Crippen LogP contribution >= 0.6 is 0 Å². The van der Waals surface area contributed by atoms with Crippen LogP contribution in [0.3, 0.4) is 0 Å². The van der Waals surface area contributed by atoms with E-state index in [-0.39, 0.29) is 17.6 Å². The van der Waals surface area contributed by atoms with Crippen molar-refractivity contribution in [1.29, 1.82) is 0 Å². The van der Waals surface area contributed by atoms with Gasteiger partial charge in [0, 0.05) is 24.9 Å². The van der Waals surface area contributed by atoms with Gasteiger partial charge in [-0.3, -0.25) is 0 Å². The van der Waals surface area contributed by atoms with E-state index in [1.54, 1.807) is 4.90 Å². The molecule has 1 saturated heterocycles. The molecule has 1 heterocycles. The van der Waals surface area contributed by atoms with Crippen LogP contribution in [0, 0.1) is 0 Å². The van der Waals surface area contributed by atoms with E-state index in [0.29, 0.717) is 19.5 Å². The van der Waals surface area contributed by atoms with E-state index in [4.69, 9.17) is 9.47 Å². The molecule has 2 rings (SSSR count). The number of carbonyl (C=O) groups is 2. The van der Waals surface area contributed by atoms with Crippen LogP contribution in [0.5, 0.6) is 5.75 Å².